The fourth-order valence-electron chi connectivity index (χ4n) is 3.02. The number of hydrogen-bond acceptors (Lipinski definition) is 2. The molecule has 0 saturated heterocycles. The van der Waals surface area contributed by atoms with Gasteiger partial charge in [0.15, 0.2) is 0 Å². The number of aryl methyl sites for hydroxylation is 1. The minimum Gasteiger partial charge on any atom is -0.488 e. The van der Waals surface area contributed by atoms with E-state index in [2.05, 4.69) is 48.6 Å². The SMILES string of the molecule is C[C@@H](CCc1ccccc1)NCc1ccccc1OCc1c(Cl)cccc1Cl. The Morgan fingerprint density at radius 1 is 0.857 bits per heavy atom. The minimum absolute atomic E-state index is 0.346. The van der Waals surface area contributed by atoms with E-state index < -0.39 is 0 Å². The highest BCUT2D eigenvalue weighted by Crippen LogP contribution is 2.27. The zero-order valence-electron chi connectivity index (χ0n) is 16.0. The van der Waals surface area contributed by atoms with Crippen LogP contribution in [0.1, 0.15) is 30.0 Å². The van der Waals surface area contributed by atoms with Crippen LogP contribution in [-0.2, 0) is 19.6 Å². The van der Waals surface area contributed by atoms with Crippen LogP contribution in [0.15, 0.2) is 72.8 Å². The Labute approximate surface area is 177 Å². The smallest absolute Gasteiger partial charge is 0.124 e. The number of nitrogens with one attached hydrogen (secondary N) is 1. The van der Waals surface area contributed by atoms with E-state index in [1.807, 2.05) is 36.4 Å². The Bertz CT molecular complexity index is 863. The first-order valence-corrected chi connectivity index (χ1v) is 10.3. The summed E-state index contributed by atoms with van der Waals surface area (Å²) in [6.45, 7) is 3.32. The van der Waals surface area contributed by atoms with E-state index in [1.54, 1.807) is 0 Å². The lowest BCUT2D eigenvalue weighted by atomic mass is 10.1. The van der Waals surface area contributed by atoms with Crippen LogP contribution in [0.25, 0.3) is 0 Å². The molecule has 0 aromatic heterocycles. The van der Waals surface area contributed by atoms with Crippen molar-refractivity contribution >= 4 is 23.2 Å². The van der Waals surface area contributed by atoms with E-state index in [0.29, 0.717) is 22.7 Å². The average molecular weight is 414 g/mol. The molecule has 0 amide bonds. The van der Waals surface area contributed by atoms with Gasteiger partial charge in [0.05, 0.1) is 0 Å². The highest BCUT2D eigenvalue weighted by Gasteiger charge is 2.10. The van der Waals surface area contributed by atoms with Gasteiger partial charge in [-0.2, -0.15) is 0 Å². The van der Waals surface area contributed by atoms with E-state index in [4.69, 9.17) is 27.9 Å². The topological polar surface area (TPSA) is 21.3 Å². The summed E-state index contributed by atoms with van der Waals surface area (Å²) in [4.78, 5) is 0. The number of ether oxygens (including phenoxy) is 1. The molecule has 0 aliphatic heterocycles. The van der Waals surface area contributed by atoms with Crippen LogP contribution in [0.2, 0.25) is 10.0 Å². The number of halogens is 2. The number of benzene rings is 3. The molecule has 0 spiro atoms. The summed E-state index contributed by atoms with van der Waals surface area (Å²) in [6.07, 6.45) is 2.15. The Kier molecular flexibility index (Phi) is 7.79. The lowest BCUT2D eigenvalue weighted by Crippen LogP contribution is -2.26. The molecule has 0 unspecified atom stereocenters. The Hall–Kier alpha value is -2.00. The van der Waals surface area contributed by atoms with Gasteiger partial charge in [0, 0.05) is 33.8 Å². The van der Waals surface area contributed by atoms with E-state index in [1.165, 1.54) is 5.56 Å². The van der Waals surface area contributed by atoms with Gasteiger partial charge in [-0.25, -0.2) is 0 Å². The summed E-state index contributed by atoms with van der Waals surface area (Å²) >= 11 is 12.5. The van der Waals surface area contributed by atoms with Crippen LogP contribution in [-0.4, -0.2) is 6.04 Å². The van der Waals surface area contributed by atoms with E-state index in [9.17, 15) is 0 Å². The third-order valence-electron chi connectivity index (χ3n) is 4.76. The monoisotopic (exact) mass is 413 g/mol. The van der Waals surface area contributed by atoms with Crippen LogP contribution >= 0.6 is 23.2 Å². The third-order valence-corrected chi connectivity index (χ3v) is 5.46. The van der Waals surface area contributed by atoms with Gasteiger partial charge < -0.3 is 10.1 Å². The molecule has 0 aliphatic rings. The van der Waals surface area contributed by atoms with Crippen molar-refractivity contribution in [2.45, 2.75) is 39.0 Å². The van der Waals surface area contributed by atoms with Gasteiger partial charge in [-0.1, -0.05) is 77.8 Å². The summed E-state index contributed by atoms with van der Waals surface area (Å²) in [5, 5.41) is 4.84. The fraction of sp³-hybridized carbons (Fsp3) is 0.250. The second-order valence-electron chi connectivity index (χ2n) is 6.90. The Morgan fingerprint density at radius 3 is 2.29 bits per heavy atom. The molecule has 0 radical (unpaired) electrons. The molecule has 3 aromatic rings. The maximum Gasteiger partial charge on any atom is 0.124 e. The summed E-state index contributed by atoms with van der Waals surface area (Å²) in [5.41, 5.74) is 3.30. The molecular formula is C24H25Cl2NO. The van der Waals surface area contributed by atoms with Crippen LogP contribution in [0.4, 0.5) is 0 Å². The predicted molar refractivity (Wildman–Crippen MR) is 118 cm³/mol. The van der Waals surface area contributed by atoms with Crippen molar-refractivity contribution in [3.8, 4) is 5.75 Å². The normalized spacial score (nSPS) is 12.0. The van der Waals surface area contributed by atoms with Crippen LogP contribution in [0.5, 0.6) is 5.75 Å². The van der Waals surface area contributed by atoms with Crippen molar-refractivity contribution < 1.29 is 4.74 Å². The molecule has 3 rings (SSSR count). The largest absolute Gasteiger partial charge is 0.488 e. The first kappa shape index (κ1) is 20.7. The second kappa shape index (κ2) is 10.5. The molecule has 2 nitrogen and oxygen atoms in total. The highest BCUT2D eigenvalue weighted by atomic mass is 35.5. The van der Waals surface area contributed by atoms with Crippen molar-refractivity contribution in [1.82, 2.24) is 5.32 Å². The van der Waals surface area contributed by atoms with Gasteiger partial charge in [-0.15, -0.1) is 0 Å². The zero-order chi connectivity index (χ0) is 19.8. The van der Waals surface area contributed by atoms with Gasteiger partial charge in [-0.3, -0.25) is 0 Å². The van der Waals surface area contributed by atoms with E-state index in [-0.39, 0.29) is 0 Å². The van der Waals surface area contributed by atoms with Crippen molar-refractivity contribution in [2.75, 3.05) is 0 Å². The molecule has 0 fully saturated rings. The first-order valence-electron chi connectivity index (χ1n) is 9.54. The molecule has 4 heteroatoms. The predicted octanol–water partition coefficient (Wildman–Crippen LogP) is 6.68. The fourth-order valence-corrected chi connectivity index (χ4v) is 3.53. The van der Waals surface area contributed by atoms with Crippen LogP contribution in [0, 0.1) is 0 Å². The second-order valence-corrected chi connectivity index (χ2v) is 7.72. The Morgan fingerprint density at radius 2 is 1.54 bits per heavy atom. The first-order chi connectivity index (χ1) is 13.6. The number of hydrogen-bond donors (Lipinski definition) is 1. The maximum absolute atomic E-state index is 6.25. The minimum atomic E-state index is 0.346. The van der Waals surface area contributed by atoms with Crippen LogP contribution < -0.4 is 10.1 Å². The molecule has 1 N–H and O–H groups in total. The van der Waals surface area contributed by atoms with Crippen molar-refractivity contribution in [2.24, 2.45) is 0 Å². The number of rotatable bonds is 9. The van der Waals surface area contributed by atoms with Gasteiger partial charge in [0.1, 0.15) is 12.4 Å². The number of para-hydroxylation sites is 1. The quantitative estimate of drug-likeness (QED) is 0.422. The molecule has 28 heavy (non-hydrogen) atoms. The lowest BCUT2D eigenvalue weighted by molar-refractivity contribution is 0.301. The van der Waals surface area contributed by atoms with Crippen molar-refractivity contribution in [3.05, 3.63) is 99.5 Å². The maximum atomic E-state index is 6.25. The third kappa shape index (κ3) is 6.00. The highest BCUT2D eigenvalue weighted by molar-refractivity contribution is 6.35. The molecule has 0 bridgehead atoms. The zero-order valence-corrected chi connectivity index (χ0v) is 17.5. The summed E-state index contributed by atoms with van der Waals surface area (Å²) in [5.74, 6) is 0.848. The molecule has 0 heterocycles. The molecule has 1 atom stereocenters. The van der Waals surface area contributed by atoms with Gasteiger partial charge in [-0.05, 0) is 43.5 Å². The summed E-state index contributed by atoms with van der Waals surface area (Å²) in [6, 6.07) is 24.6. The van der Waals surface area contributed by atoms with Gasteiger partial charge >= 0.3 is 0 Å². The lowest BCUT2D eigenvalue weighted by Gasteiger charge is -2.17. The molecular weight excluding hydrogens is 389 g/mol. The van der Waals surface area contributed by atoms with Crippen molar-refractivity contribution in [1.29, 1.82) is 0 Å². The molecule has 0 aliphatic carbocycles. The molecule has 146 valence electrons. The van der Waals surface area contributed by atoms with Crippen LogP contribution in [0.3, 0.4) is 0 Å². The van der Waals surface area contributed by atoms with E-state index in [0.717, 1.165) is 36.3 Å². The molecule has 0 saturated carbocycles. The average Bonchev–Trinajstić information content (AvgIpc) is 2.72. The van der Waals surface area contributed by atoms with E-state index >= 15 is 0 Å². The van der Waals surface area contributed by atoms with Crippen molar-refractivity contribution in [3.63, 3.8) is 0 Å². The molecule has 3 aromatic carbocycles. The van der Waals surface area contributed by atoms with Gasteiger partial charge in [0.2, 0.25) is 0 Å². The Balaban J connectivity index is 1.55. The standard InChI is InChI=1S/C24H25Cl2NO/c1-18(14-15-19-8-3-2-4-9-19)27-16-20-10-5-6-13-24(20)28-17-21-22(25)11-7-12-23(21)26/h2-13,18,27H,14-17H2,1H3/t18-/m0/s1. The summed E-state index contributed by atoms with van der Waals surface area (Å²) < 4.78 is 6.04. The summed E-state index contributed by atoms with van der Waals surface area (Å²) in [7, 11) is 0. The van der Waals surface area contributed by atoms with Gasteiger partial charge in [0.25, 0.3) is 0 Å².